The lowest BCUT2D eigenvalue weighted by atomic mass is 10.2. The minimum Gasteiger partial charge on any atom is -0.467 e. The molecule has 4 aromatic rings. The van der Waals surface area contributed by atoms with Gasteiger partial charge in [-0.2, -0.15) is 13.2 Å². The summed E-state index contributed by atoms with van der Waals surface area (Å²) in [5.41, 5.74) is -1.34. The third kappa shape index (κ3) is 7.98. The maximum atomic E-state index is 16.0. The van der Waals surface area contributed by atoms with Crippen LogP contribution in [0.2, 0.25) is 5.02 Å². The smallest absolute Gasteiger partial charge is 0.431 e. The van der Waals surface area contributed by atoms with Crippen LogP contribution in [0.4, 0.5) is 23.2 Å². The number of benzene rings is 3. The number of ether oxygens (including phenoxy) is 5. The van der Waals surface area contributed by atoms with E-state index < -0.39 is 42.8 Å². The van der Waals surface area contributed by atoms with Gasteiger partial charge < -0.3 is 28.6 Å². The first-order chi connectivity index (χ1) is 22.5. The van der Waals surface area contributed by atoms with Gasteiger partial charge in [-0.1, -0.05) is 48.0 Å². The van der Waals surface area contributed by atoms with Crippen molar-refractivity contribution in [2.24, 2.45) is 0 Å². The molecule has 0 aliphatic carbocycles. The molecule has 14 heteroatoms. The minimum atomic E-state index is -4.81. The van der Waals surface area contributed by atoms with E-state index in [0.717, 1.165) is 17.0 Å². The van der Waals surface area contributed by atoms with Crippen LogP contribution in [0.5, 0.6) is 28.9 Å². The van der Waals surface area contributed by atoms with Crippen LogP contribution >= 0.6 is 11.6 Å². The number of alkyl halides is 3. The van der Waals surface area contributed by atoms with Gasteiger partial charge in [-0.3, -0.25) is 4.90 Å². The highest BCUT2D eigenvalue weighted by Gasteiger charge is 2.48. The Morgan fingerprint density at radius 3 is 2.23 bits per heavy atom. The van der Waals surface area contributed by atoms with Crippen molar-refractivity contribution in [2.75, 3.05) is 25.2 Å². The molecule has 3 aromatic carbocycles. The van der Waals surface area contributed by atoms with Gasteiger partial charge in [0, 0.05) is 25.4 Å². The average Bonchev–Trinajstić information content (AvgIpc) is 3.04. The molecule has 0 bridgehead atoms. The molecule has 1 aromatic heterocycles. The van der Waals surface area contributed by atoms with E-state index in [1.807, 2.05) is 0 Å². The van der Waals surface area contributed by atoms with Gasteiger partial charge >= 0.3 is 12.1 Å². The van der Waals surface area contributed by atoms with Gasteiger partial charge in [0.25, 0.3) is 12.2 Å². The zero-order chi connectivity index (χ0) is 33.6. The van der Waals surface area contributed by atoms with Gasteiger partial charge in [0.1, 0.15) is 28.8 Å². The Balaban J connectivity index is 1.59. The van der Waals surface area contributed by atoms with E-state index in [4.69, 9.17) is 35.3 Å². The van der Waals surface area contributed by atoms with E-state index in [1.165, 1.54) is 36.3 Å². The largest absolute Gasteiger partial charge is 0.467 e. The first-order valence-corrected chi connectivity index (χ1v) is 14.6. The predicted molar refractivity (Wildman–Crippen MR) is 164 cm³/mol. The number of pyridine rings is 1. The fourth-order valence-electron chi connectivity index (χ4n) is 4.61. The van der Waals surface area contributed by atoms with Gasteiger partial charge in [-0.25, -0.2) is 14.2 Å². The number of halogens is 5. The number of anilines is 1. The Hall–Kier alpha value is -5.17. The number of esters is 1. The summed E-state index contributed by atoms with van der Waals surface area (Å²) in [6.07, 6.45) is -5.71. The zero-order valence-corrected chi connectivity index (χ0v) is 25.7. The maximum Gasteiger partial charge on any atom is 0.431 e. The summed E-state index contributed by atoms with van der Waals surface area (Å²) in [5.74, 6) is -1.31. The van der Waals surface area contributed by atoms with E-state index in [2.05, 4.69) is 4.98 Å². The lowest BCUT2D eigenvalue weighted by Gasteiger charge is -2.47. The second-order valence-electron chi connectivity index (χ2n) is 9.88. The van der Waals surface area contributed by atoms with Gasteiger partial charge in [0.2, 0.25) is 0 Å². The summed E-state index contributed by atoms with van der Waals surface area (Å²) in [5, 5.41) is -0.176. The molecule has 246 valence electrons. The molecular formula is C33H28ClF4N3O6. The molecule has 0 radical (unpaired) electrons. The number of hydrogen-bond acceptors (Lipinski definition) is 9. The SMILES string of the molecule is CCOC(=O)COc1ncccc1Oc1cc(N2C(Oc3ccccc3)C=C(C(F)(F)F)N(C)C2Oc2ccccc2)c(F)cc1Cl. The molecule has 9 nitrogen and oxygen atoms in total. The summed E-state index contributed by atoms with van der Waals surface area (Å²) >= 11 is 6.40. The van der Waals surface area contributed by atoms with E-state index in [0.29, 0.717) is 0 Å². The van der Waals surface area contributed by atoms with Crippen molar-refractivity contribution in [3.05, 3.63) is 114 Å². The highest BCUT2D eigenvalue weighted by molar-refractivity contribution is 6.32. The van der Waals surface area contributed by atoms with Crippen LogP contribution < -0.4 is 23.8 Å². The average molecular weight is 674 g/mol. The number of para-hydroxylation sites is 2. The number of nitrogens with zero attached hydrogens (tertiary/aromatic N) is 3. The Morgan fingerprint density at radius 1 is 0.936 bits per heavy atom. The van der Waals surface area contributed by atoms with Crippen LogP contribution in [-0.2, 0) is 9.53 Å². The van der Waals surface area contributed by atoms with Crippen LogP contribution in [0, 0.1) is 5.82 Å². The minimum absolute atomic E-state index is 0.0143. The van der Waals surface area contributed by atoms with Crippen LogP contribution in [0.25, 0.3) is 0 Å². The molecule has 0 saturated heterocycles. The van der Waals surface area contributed by atoms with Crippen molar-refractivity contribution in [1.29, 1.82) is 0 Å². The van der Waals surface area contributed by atoms with Crippen molar-refractivity contribution >= 4 is 23.3 Å². The van der Waals surface area contributed by atoms with Crippen molar-refractivity contribution in [2.45, 2.75) is 25.7 Å². The van der Waals surface area contributed by atoms with Crippen LogP contribution in [0.3, 0.4) is 0 Å². The number of carbonyl (C=O) groups excluding carboxylic acids is 1. The van der Waals surface area contributed by atoms with Gasteiger partial charge in [-0.15, -0.1) is 0 Å². The second-order valence-corrected chi connectivity index (χ2v) is 10.3. The summed E-state index contributed by atoms with van der Waals surface area (Å²) in [6.45, 7) is 1.33. The van der Waals surface area contributed by atoms with Crippen LogP contribution in [0.1, 0.15) is 6.92 Å². The van der Waals surface area contributed by atoms with Gasteiger partial charge in [0.05, 0.1) is 17.3 Å². The van der Waals surface area contributed by atoms with Crippen molar-refractivity contribution in [1.82, 2.24) is 9.88 Å². The highest BCUT2D eigenvalue weighted by Crippen LogP contribution is 2.42. The molecule has 1 aliphatic rings. The number of rotatable bonds is 11. The van der Waals surface area contributed by atoms with E-state index in [9.17, 15) is 18.0 Å². The number of hydrogen-bond donors (Lipinski definition) is 0. The molecular weight excluding hydrogens is 646 g/mol. The Morgan fingerprint density at radius 2 is 1.60 bits per heavy atom. The first kappa shape index (κ1) is 33.2. The predicted octanol–water partition coefficient (Wildman–Crippen LogP) is 7.57. The molecule has 5 rings (SSSR count). The molecule has 0 saturated carbocycles. The van der Waals surface area contributed by atoms with Gasteiger partial charge in [0.15, 0.2) is 18.6 Å². The lowest BCUT2D eigenvalue weighted by Crippen LogP contribution is -2.60. The Labute approximate surface area is 272 Å². The third-order valence-electron chi connectivity index (χ3n) is 6.67. The number of allylic oxidation sites excluding steroid dienone is 1. The molecule has 0 N–H and O–H groups in total. The molecule has 2 atom stereocenters. The fourth-order valence-corrected chi connectivity index (χ4v) is 4.79. The van der Waals surface area contributed by atoms with E-state index in [-0.39, 0.29) is 46.2 Å². The fraction of sp³-hybridized carbons (Fsp3) is 0.212. The van der Waals surface area contributed by atoms with Crippen molar-refractivity contribution in [3.8, 4) is 28.9 Å². The monoisotopic (exact) mass is 673 g/mol. The van der Waals surface area contributed by atoms with Crippen LogP contribution in [-0.4, -0.2) is 54.9 Å². The third-order valence-corrected chi connectivity index (χ3v) is 6.96. The molecule has 0 fully saturated rings. The molecule has 0 spiro atoms. The molecule has 47 heavy (non-hydrogen) atoms. The van der Waals surface area contributed by atoms with E-state index in [1.54, 1.807) is 67.6 Å². The van der Waals surface area contributed by atoms with Crippen molar-refractivity contribution < 1.29 is 46.0 Å². The zero-order valence-electron chi connectivity index (χ0n) is 25.0. The number of carbonyl (C=O) groups is 1. The topological polar surface area (TPSA) is 82.6 Å². The standard InChI is InChI=1S/C33H28ClF4N3O6/c1-3-43-30(42)20-44-31-26(15-10-16-39-31)47-27-18-25(24(35)17-23(27)34)41-29(45-21-11-6-4-7-12-21)19-28(33(36,37)38)40(2)32(41)46-22-13-8-5-9-14-22/h4-19,29,32H,3,20H2,1-2H3. The molecule has 1 aliphatic heterocycles. The first-order valence-electron chi connectivity index (χ1n) is 14.2. The summed E-state index contributed by atoms with van der Waals surface area (Å²) in [4.78, 5) is 17.9. The van der Waals surface area contributed by atoms with Crippen molar-refractivity contribution in [3.63, 3.8) is 0 Å². The molecule has 2 unspecified atom stereocenters. The summed E-state index contributed by atoms with van der Waals surface area (Å²) in [6, 6.07) is 21.4. The molecule has 2 heterocycles. The quantitative estimate of drug-likeness (QED) is 0.118. The second kappa shape index (κ2) is 14.5. The highest BCUT2D eigenvalue weighted by atomic mass is 35.5. The number of aromatic nitrogens is 1. The molecule has 0 amide bonds. The van der Waals surface area contributed by atoms with Gasteiger partial charge in [-0.05, 0) is 49.4 Å². The lowest BCUT2D eigenvalue weighted by molar-refractivity contribution is -0.145. The van der Waals surface area contributed by atoms with E-state index >= 15 is 4.39 Å². The summed E-state index contributed by atoms with van der Waals surface area (Å²) in [7, 11) is 1.17. The Bertz CT molecular complexity index is 1710. The maximum absolute atomic E-state index is 16.0. The normalized spacial score (nSPS) is 16.3. The Kier molecular flexibility index (Phi) is 10.2. The van der Waals surface area contributed by atoms with Crippen LogP contribution in [0.15, 0.2) is 103 Å². The summed E-state index contributed by atoms with van der Waals surface area (Å²) < 4.78 is 87.5.